The summed E-state index contributed by atoms with van der Waals surface area (Å²) in [6.45, 7) is 6.02. The molecule has 0 aromatic carbocycles. The first-order valence-corrected chi connectivity index (χ1v) is 5.89. The standard InChI is InChI=1S/C11H21NO2/c1-9(13)10-3-2-4-11(10)12-5-7-14-8-6-12/h9-11,13H,2-8H2,1H3/p+1/t9-,10+,11+/m1/s1. The van der Waals surface area contributed by atoms with Gasteiger partial charge >= 0.3 is 0 Å². The number of nitrogens with one attached hydrogen (secondary N) is 1. The lowest BCUT2D eigenvalue weighted by molar-refractivity contribution is -0.936. The van der Waals surface area contributed by atoms with E-state index in [-0.39, 0.29) is 6.10 Å². The van der Waals surface area contributed by atoms with Crippen LogP contribution in [0.1, 0.15) is 26.2 Å². The van der Waals surface area contributed by atoms with Crippen molar-refractivity contribution >= 4 is 0 Å². The molecule has 1 aliphatic carbocycles. The van der Waals surface area contributed by atoms with Gasteiger partial charge in [0.25, 0.3) is 0 Å². The molecule has 0 spiro atoms. The Morgan fingerprint density at radius 2 is 2.00 bits per heavy atom. The predicted molar refractivity (Wildman–Crippen MR) is 54.3 cm³/mol. The fourth-order valence-electron chi connectivity index (χ4n) is 3.08. The minimum absolute atomic E-state index is 0.127. The highest BCUT2D eigenvalue weighted by atomic mass is 16.5. The summed E-state index contributed by atoms with van der Waals surface area (Å²) >= 11 is 0. The van der Waals surface area contributed by atoms with Gasteiger partial charge in [-0.25, -0.2) is 0 Å². The van der Waals surface area contributed by atoms with Gasteiger partial charge in [0.1, 0.15) is 13.1 Å². The van der Waals surface area contributed by atoms with E-state index < -0.39 is 0 Å². The molecule has 1 saturated heterocycles. The van der Waals surface area contributed by atoms with Crippen LogP contribution >= 0.6 is 0 Å². The topological polar surface area (TPSA) is 33.9 Å². The Hall–Kier alpha value is -0.120. The van der Waals surface area contributed by atoms with Gasteiger partial charge in [-0.2, -0.15) is 0 Å². The van der Waals surface area contributed by atoms with E-state index in [0.717, 1.165) is 26.3 Å². The number of aliphatic hydroxyl groups is 1. The molecule has 0 unspecified atom stereocenters. The summed E-state index contributed by atoms with van der Waals surface area (Å²) in [5, 5.41) is 9.71. The van der Waals surface area contributed by atoms with Gasteiger partial charge in [-0.05, 0) is 26.2 Å². The highest BCUT2D eigenvalue weighted by molar-refractivity contribution is 4.80. The highest BCUT2D eigenvalue weighted by Crippen LogP contribution is 2.26. The van der Waals surface area contributed by atoms with Gasteiger partial charge in [0.05, 0.1) is 25.4 Å². The van der Waals surface area contributed by atoms with Crippen molar-refractivity contribution in [3.8, 4) is 0 Å². The maximum Gasteiger partial charge on any atom is 0.101 e. The van der Waals surface area contributed by atoms with Gasteiger partial charge in [-0.15, -0.1) is 0 Å². The normalized spacial score (nSPS) is 37.3. The third-order valence-electron chi connectivity index (χ3n) is 3.85. The molecular weight excluding hydrogens is 178 g/mol. The zero-order valence-electron chi connectivity index (χ0n) is 9.04. The van der Waals surface area contributed by atoms with Crippen LogP contribution in [0.3, 0.4) is 0 Å². The lowest BCUT2D eigenvalue weighted by atomic mass is 9.96. The van der Waals surface area contributed by atoms with Crippen molar-refractivity contribution in [1.29, 1.82) is 0 Å². The number of hydrogen-bond donors (Lipinski definition) is 2. The van der Waals surface area contributed by atoms with Crippen LogP contribution in [0.25, 0.3) is 0 Å². The Morgan fingerprint density at radius 3 is 2.64 bits per heavy atom. The number of hydrogen-bond acceptors (Lipinski definition) is 2. The maximum atomic E-state index is 9.71. The zero-order chi connectivity index (χ0) is 9.97. The van der Waals surface area contributed by atoms with Crippen LogP contribution < -0.4 is 4.90 Å². The van der Waals surface area contributed by atoms with E-state index in [4.69, 9.17) is 4.74 Å². The summed E-state index contributed by atoms with van der Waals surface area (Å²) in [5.41, 5.74) is 0. The summed E-state index contributed by atoms with van der Waals surface area (Å²) in [6, 6.07) is 0.693. The van der Waals surface area contributed by atoms with E-state index in [1.807, 2.05) is 6.92 Å². The van der Waals surface area contributed by atoms with E-state index in [1.165, 1.54) is 19.3 Å². The molecule has 2 N–H and O–H groups in total. The summed E-state index contributed by atoms with van der Waals surface area (Å²) in [5.74, 6) is 0.531. The van der Waals surface area contributed by atoms with Gasteiger partial charge in [-0.3, -0.25) is 0 Å². The SMILES string of the molecule is C[C@@H](O)[C@@H]1CCC[C@@H]1[NH+]1CCOCC1. The number of ether oxygens (including phenoxy) is 1. The van der Waals surface area contributed by atoms with Crippen LogP contribution in [0.4, 0.5) is 0 Å². The molecular formula is C11H22NO2+. The number of aliphatic hydroxyl groups excluding tert-OH is 1. The fraction of sp³-hybridized carbons (Fsp3) is 1.00. The van der Waals surface area contributed by atoms with Gasteiger partial charge in [0.2, 0.25) is 0 Å². The molecule has 2 aliphatic rings. The molecule has 82 valence electrons. The number of quaternary nitrogens is 1. The van der Waals surface area contributed by atoms with Crippen molar-refractivity contribution in [3.05, 3.63) is 0 Å². The van der Waals surface area contributed by atoms with Crippen LogP contribution in [0, 0.1) is 5.92 Å². The van der Waals surface area contributed by atoms with Crippen molar-refractivity contribution in [3.63, 3.8) is 0 Å². The average molecular weight is 200 g/mol. The Morgan fingerprint density at radius 1 is 1.29 bits per heavy atom. The van der Waals surface area contributed by atoms with Gasteiger partial charge in [-0.1, -0.05) is 0 Å². The lowest BCUT2D eigenvalue weighted by Gasteiger charge is -2.33. The first-order valence-electron chi connectivity index (χ1n) is 5.89. The Kier molecular flexibility index (Phi) is 3.42. The lowest BCUT2D eigenvalue weighted by Crippen LogP contribution is -3.18. The molecule has 1 aliphatic heterocycles. The molecule has 0 aromatic heterocycles. The predicted octanol–water partition coefficient (Wildman–Crippen LogP) is -0.549. The highest BCUT2D eigenvalue weighted by Gasteiger charge is 2.38. The molecule has 0 radical (unpaired) electrons. The molecule has 3 nitrogen and oxygen atoms in total. The minimum atomic E-state index is -0.127. The fourth-order valence-corrected chi connectivity index (χ4v) is 3.08. The molecule has 1 saturated carbocycles. The average Bonchev–Trinajstić information content (AvgIpc) is 2.67. The molecule has 0 bridgehead atoms. The smallest absolute Gasteiger partial charge is 0.101 e. The Labute approximate surface area is 86.0 Å². The Bertz CT molecular complexity index is 178. The van der Waals surface area contributed by atoms with E-state index in [1.54, 1.807) is 4.90 Å². The second kappa shape index (κ2) is 4.60. The quantitative estimate of drug-likeness (QED) is 0.627. The molecule has 2 rings (SSSR count). The zero-order valence-corrected chi connectivity index (χ0v) is 9.04. The van der Waals surface area contributed by atoms with Crippen LogP contribution in [0.5, 0.6) is 0 Å². The number of rotatable bonds is 2. The van der Waals surface area contributed by atoms with Crippen molar-refractivity contribution in [2.75, 3.05) is 26.3 Å². The van der Waals surface area contributed by atoms with Crippen molar-refractivity contribution < 1.29 is 14.7 Å². The van der Waals surface area contributed by atoms with Crippen LogP contribution in [0.2, 0.25) is 0 Å². The van der Waals surface area contributed by atoms with Gasteiger partial charge in [0, 0.05) is 5.92 Å². The van der Waals surface area contributed by atoms with Crippen molar-refractivity contribution in [2.24, 2.45) is 5.92 Å². The molecule has 2 fully saturated rings. The first-order chi connectivity index (χ1) is 6.79. The third-order valence-corrected chi connectivity index (χ3v) is 3.85. The summed E-state index contributed by atoms with van der Waals surface area (Å²) in [4.78, 5) is 1.67. The molecule has 0 aromatic rings. The molecule has 0 amide bonds. The monoisotopic (exact) mass is 200 g/mol. The van der Waals surface area contributed by atoms with Crippen LogP contribution in [-0.4, -0.2) is 43.6 Å². The van der Waals surface area contributed by atoms with E-state index >= 15 is 0 Å². The molecule has 3 atom stereocenters. The van der Waals surface area contributed by atoms with E-state index in [2.05, 4.69) is 0 Å². The minimum Gasteiger partial charge on any atom is -0.393 e. The van der Waals surface area contributed by atoms with Crippen LogP contribution in [0.15, 0.2) is 0 Å². The molecule has 1 heterocycles. The van der Waals surface area contributed by atoms with E-state index in [9.17, 15) is 5.11 Å². The van der Waals surface area contributed by atoms with Crippen LogP contribution in [-0.2, 0) is 4.74 Å². The van der Waals surface area contributed by atoms with Crippen molar-refractivity contribution in [2.45, 2.75) is 38.3 Å². The second-order valence-electron chi connectivity index (χ2n) is 4.71. The first kappa shape index (κ1) is 10.4. The number of morpholine rings is 1. The van der Waals surface area contributed by atoms with Crippen molar-refractivity contribution in [1.82, 2.24) is 0 Å². The molecule has 14 heavy (non-hydrogen) atoms. The summed E-state index contributed by atoms with van der Waals surface area (Å²) in [7, 11) is 0. The molecule has 3 heteroatoms. The Balaban J connectivity index is 1.94. The second-order valence-corrected chi connectivity index (χ2v) is 4.71. The van der Waals surface area contributed by atoms with Gasteiger partial charge in [0.15, 0.2) is 0 Å². The third kappa shape index (κ3) is 2.10. The van der Waals surface area contributed by atoms with E-state index in [0.29, 0.717) is 12.0 Å². The summed E-state index contributed by atoms with van der Waals surface area (Å²) < 4.78 is 5.37. The maximum absolute atomic E-state index is 9.71. The summed E-state index contributed by atoms with van der Waals surface area (Å²) in [6.07, 6.45) is 3.68. The van der Waals surface area contributed by atoms with Gasteiger partial charge < -0.3 is 14.7 Å². The largest absolute Gasteiger partial charge is 0.393 e.